The van der Waals surface area contributed by atoms with Gasteiger partial charge in [-0.25, -0.2) is 0 Å². The van der Waals surface area contributed by atoms with Crippen molar-refractivity contribution in [1.29, 1.82) is 10.8 Å². The first-order valence-electron chi connectivity index (χ1n) is 10.1. The minimum absolute atomic E-state index is 0.0407. The maximum Gasteiger partial charge on any atom is 0.122 e. The molecule has 0 heterocycles. The van der Waals surface area contributed by atoms with E-state index in [1.165, 1.54) is 0 Å². The first kappa shape index (κ1) is 20.9. The highest BCUT2D eigenvalue weighted by atomic mass is 16.5. The number of benzene rings is 4. The minimum atomic E-state index is 0.0407. The molecule has 160 valence electrons. The predicted molar refractivity (Wildman–Crippen MR) is 128 cm³/mol. The molecule has 0 saturated carbocycles. The zero-order chi connectivity index (χ0) is 22.5. The van der Waals surface area contributed by atoms with E-state index < -0.39 is 0 Å². The summed E-state index contributed by atoms with van der Waals surface area (Å²) in [6.45, 7) is 0.886. The van der Waals surface area contributed by atoms with Crippen molar-refractivity contribution in [2.24, 2.45) is 11.5 Å². The number of nitrogens with two attached hydrogens (primary N) is 2. The Morgan fingerprint density at radius 3 is 1.34 bits per heavy atom. The van der Waals surface area contributed by atoms with E-state index in [2.05, 4.69) is 36.4 Å². The van der Waals surface area contributed by atoms with Crippen LogP contribution < -0.4 is 20.9 Å². The van der Waals surface area contributed by atoms with Gasteiger partial charge >= 0.3 is 0 Å². The lowest BCUT2D eigenvalue weighted by molar-refractivity contribution is 0.306. The third-order valence-corrected chi connectivity index (χ3v) is 5.11. The summed E-state index contributed by atoms with van der Waals surface area (Å²) >= 11 is 0. The van der Waals surface area contributed by atoms with Crippen molar-refractivity contribution in [2.45, 2.75) is 13.2 Å². The molecule has 0 bridgehead atoms. The smallest absolute Gasteiger partial charge is 0.122 e. The highest BCUT2D eigenvalue weighted by Gasteiger charge is 2.03. The topological polar surface area (TPSA) is 118 Å². The van der Waals surface area contributed by atoms with Crippen LogP contribution in [0.2, 0.25) is 0 Å². The van der Waals surface area contributed by atoms with Gasteiger partial charge in [0.1, 0.15) is 36.4 Å². The summed E-state index contributed by atoms with van der Waals surface area (Å²) in [5, 5.41) is 17.2. The van der Waals surface area contributed by atoms with Gasteiger partial charge < -0.3 is 20.9 Å². The molecule has 4 rings (SSSR count). The molecule has 0 spiro atoms. The Labute approximate surface area is 186 Å². The van der Waals surface area contributed by atoms with Crippen LogP contribution in [0.25, 0.3) is 10.8 Å². The molecule has 32 heavy (non-hydrogen) atoms. The zero-order valence-corrected chi connectivity index (χ0v) is 17.5. The van der Waals surface area contributed by atoms with Gasteiger partial charge in [0.25, 0.3) is 0 Å². The summed E-state index contributed by atoms with van der Waals surface area (Å²) in [4.78, 5) is 0. The molecule has 6 heteroatoms. The van der Waals surface area contributed by atoms with E-state index >= 15 is 0 Å². The fourth-order valence-corrected chi connectivity index (χ4v) is 3.32. The number of fused-ring (bicyclic) bond motifs is 1. The van der Waals surface area contributed by atoms with Gasteiger partial charge in [0, 0.05) is 11.1 Å². The molecule has 0 aliphatic rings. The van der Waals surface area contributed by atoms with Crippen molar-refractivity contribution < 1.29 is 9.47 Å². The fraction of sp³-hybridized carbons (Fsp3) is 0.0769. The number of hydrogen-bond donors (Lipinski definition) is 4. The maximum atomic E-state index is 7.45. The summed E-state index contributed by atoms with van der Waals surface area (Å²) in [5.74, 6) is 1.54. The van der Waals surface area contributed by atoms with Crippen LogP contribution in [0, 0.1) is 10.8 Å². The van der Waals surface area contributed by atoms with E-state index in [-0.39, 0.29) is 11.7 Å². The third kappa shape index (κ3) is 5.05. The number of rotatable bonds is 8. The second-order valence-corrected chi connectivity index (χ2v) is 7.47. The Balaban J connectivity index is 1.41. The maximum absolute atomic E-state index is 7.45. The summed E-state index contributed by atoms with van der Waals surface area (Å²) in [6, 6.07) is 26.9. The van der Waals surface area contributed by atoms with E-state index in [1.807, 2.05) is 24.3 Å². The van der Waals surface area contributed by atoms with Crippen LogP contribution >= 0.6 is 0 Å². The average molecular weight is 425 g/mol. The van der Waals surface area contributed by atoms with Gasteiger partial charge in [0.05, 0.1) is 0 Å². The van der Waals surface area contributed by atoms with Gasteiger partial charge in [-0.3, -0.25) is 10.8 Å². The molecular weight excluding hydrogens is 400 g/mol. The van der Waals surface area contributed by atoms with Crippen molar-refractivity contribution in [1.82, 2.24) is 0 Å². The Morgan fingerprint density at radius 2 is 0.969 bits per heavy atom. The van der Waals surface area contributed by atoms with Crippen molar-refractivity contribution in [3.63, 3.8) is 0 Å². The first-order valence-corrected chi connectivity index (χ1v) is 10.1. The summed E-state index contributed by atoms with van der Waals surface area (Å²) in [7, 11) is 0. The molecule has 4 aromatic carbocycles. The highest BCUT2D eigenvalue weighted by molar-refractivity contribution is 5.95. The van der Waals surface area contributed by atoms with Crippen LogP contribution in [-0.4, -0.2) is 11.7 Å². The second-order valence-electron chi connectivity index (χ2n) is 7.47. The fourth-order valence-electron chi connectivity index (χ4n) is 3.32. The van der Waals surface area contributed by atoms with Crippen LogP contribution in [0.15, 0.2) is 84.9 Å². The number of hydrogen-bond acceptors (Lipinski definition) is 4. The summed E-state index contributed by atoms with van der Waals surface area (Å²) in [5.41, 5.74) is 14.4. The van der Waals surface area contributed by atoms with Gasteiger partial charge in [-0.15, -0.1) is 0 Å². The van der Waals surface area contributed by atoms with Crippen molar-refractivity contribution in [2.75, 3.05) is 0 Å². The lowest BCUT2D eigenvalue weighted by atomic mass is 10.0. The Bertz CT molecular complexity index is 1170. The molecule has 0 aliphatic carbocycles. The van der Waals surface area contributed by atoms with Crippen molar-refractivity contribution in [3.05, 3.63) is 107 Å². The molecule has 6 N–H and O–H groups in total. The van der Waals surface area contributed by atoms with E-state index in [1.54, 1.807) is 24.3 Å². The van der Waals surface area contributed by atoms with E-state index in [9.17, 15) is 0 Å². The van der Waals surface area contributed by atoms with E-state index in [4.69, 9.17) is 31.8 Å². The molecule has 0 unspecified atom stereocenters. The quantitative estimate of drug-likeness (QED) is 0.245. The molecular formula is C26H24N4O2. The van der Waals surface area contributed by atoms with Crippen molar-refractivity contribution in [3.8, 4) is 11.5 Å². The van der Waals surface area contributed by atoms with Crippen LogP contribution in [-0.2, 0) is 13.2 Å². The monoisotopic (exact) mass is 424 g/mol. The second kappa shape index (κ2) is 9.22. The number of ether oxygens (including phenoxy) is 2. The molecule has 0 atom stereocenters. The lowest BCUT2D eigenvalue weighted by Gasteiger charge is -2.10. The highest BCUT2D eigenvalue weighted by Crippen LogP contribution is 2.21. The third-order valence-electron chi connectivity index (χ3n) is 5.11. The molecule has 6 nitrogen and oxygen atoms in total. The van der Waals surface area contributed by atoms with Gasteiger partial charge in [0.2, 0.25) is 0 Å². The van der Waals surface area contributed by atoms with Gasteiger partial charge in [-0.1, -0.05) is 24.3 Å². The first-order chi connectivity index (χ1) is 15.5. The van der Waals surface area contributed by atoms with Gasteiger partial charge in [0.15, 0.2) is 0 Å². The zero-order valence-electron chi connectivity index (χ0n) is 17.5. The minimum Gasteiger partial charge on any atom is -0.489 e. The Hall–Kier alpha value is -4.32. The van der Waals surface area contributed by atoms with Crippen LogP contribution in [0.3, 0.4) is 0 Å². The molecule has 0 radical (unpaired) electrons. The summed E-state index contributed by atoms with van der Waals surface area (Å²) < 4.78 is 11.8. The molecule has 0 fully saturated rings. The molecule has 0 aliphatic heterocycles. The van der Waals surface area contributed by atoms with E-state index in [0.29, 0.717) is 24.3 Å². The van der Waals surface area contributed by atoms with Crippen LogP contribution in [0.5, 0.6) is 11.5 Å². The van der Waals surface area contributed by atoms with Gasteiger partial charge in [-0.05, 0) is 82.6 Å². The lowest BCUT2D eigenvalue weighted by Crippen LogP contribution is -2.10. The number of amidine groups is 2. The average Bonchev–Trinajstić information content (AvgIpc) is 2.81. The van der Waals surface area contributed by atoms with Crippen LogP contribution in [0.4, 0.5) is 0 Å². The molecule has 0 saturated heterocycles. The Kier molecular flexibility index (Phi) is 6.03. The molecule has 0 aromatic heterocycles. The van der Waals surface area contributed by atoms with Gasteiger partial charge in [-0.2, -0.15) is 0 Å². The van der Waals surface area contributed by atoms with Crippen molar-refractivity contribution >= 4 is 22.4 Å². The normalized spacial score (nSPS) is 10.6. The van der Waals surface area contributed by atoms with Crippen LogP contribution in [0.1, 0.15) is 22.3 Å². The number of nitrogens with one attached hydrogen (secondary N) is 2. The number of nitrogen functional groups attached to an aromatic ring is 2. The predicted octanol–water partition coefficient (Wildman–Crippen LogP) is 4.57. The SMILES string of the molecule is N=C(N)c1ccc(OCc2ccc3ccc(COc4ccc(C(=N)N)cc4)cc3c2)cc1. The Morgan fingerprint density at radius 1 is 0.562 bits per heavy atom. The molecule has 0 amide bonds. The molecule has 4 aromatic rings. The standard InChI is InChI=1S/C26H24N4O2/c27-25(28)20-5-9-23(10-6-20)31-15-17-1-3-19-4-2-18(14-22(19)13-17)16-32-24-11-7-21(8-12-24)26(29)30/h1-14H,15-16H2,(H3,27,28)(H3,29,30). The summed E-state index contributed by atoms with van der Waals surface area (Å²) in [6.07, 6.45) is 0. The van der Waals surface area contributed by atoms with E-state index in [0.717, 1.165) is 33.4 Å². The largest absolute Gasteiger partial charge is 0.489 e.